The maximum absolute atomic E-state index is 12.7. The molecule has 27 heavy (non-hydrogen) atoms. The van der Waals surface area contributed by atoms with Gasteiger partial charge in [0.25, 0.3) is 11.8 Å². The maximum atomic E-state index is 12.7. The molecule has 0 aromatic carbocycles. The molecule has 1 amide bonds. The molecule has 1 aliphatic rings. The van der Waals surface area contributed by atoms with Gasteiger partial charge in [-0.2, -0.15) is 5.26 Å². The van der Waals surface area contributed by atoms with Crippen LogP contribution < -0.4 is 4.74 Å². The van der Waals surface area contributed by atoms with Crippen LogP contribution in [0.15, 0.2) is 47.5 Å². The summed E-state index contributed by atoms with van der Waals surface area (Å²) >= 11 is 0. The number of amides is 1. The van der Waals surface area contributed by atoms with E-state index >= 15 is 0 Å². The first-order valence-corrected chi connectivity index (χ1v) is 8.29. The molecule has 0 aliphatic carbocycles. The van der Waals surface area contributed by atoms with Crippen LogP contribution in [0.5, 0.6) is 5.88 Å². The minimum Gasteiger partial charge on any atom is -0.470 e. The third-order valence-electron chi connectivity index (χ3n) is 4.16. The lowest BCUT2D eigenvalue weighted by Crippen LogP contribution is -2.31. The quantitative estimate of drug-likeness (QED) is 0.688. The zero-order valence-corrected chi connectivity index (χ0v) is 14.1. The van der Waals surface area contributed by atoms with Crippen molar-refractivity contribution in [1.82, 2.24) is 25.0 Å². The number of pyridine rings is 1. The Morgan fingerprint density at radius 2 is 2.22 bits per heavy atom. The van der Waals surface area contributed by atoms with E-state index in [9.17, 15) is 4.79 Å². The summed E-state index contributed by atoms with van der Waals surface area (Å²) in [5.74, 6) is 0.427. The highest BCUT2D eigenvalue weighted by atomic mass is 16.5. The fourth-order valence-electron chi connectivity index (χ4n) is 2.84. The van der Waals surface area contributed by atoms with E-state index in [1.807, 2.05) is 12.1 Å². The van der Waals surface area contributed by atoms with E-state index < -0.39 is 0 Å². The molecule has 4 heterocycles. The number of nitrogens with zero attached hydrogens (tertiary/aromatic N) is 6. The lowest BCUT2D eigenvalue weighted by Gasteiger charge is -2.15. The Hall–Kier alpha value is -3.80. The van der Waals surface area contributed by atoms with E-state index in [0.29, 0.717) is 25.3 Å². The molecule has 0 saturated carbocycles. The van der Waals surface area contributed by atoms with E-state index in [4.69, 9.17) is 14.5 Å². The van der Waals surface area contributed by atoms with Crippen molar-refractivity contribution in [2.24, 2.45) is 0 Å². The van der Waals surface area contributed by atoms with Crippen molar-refractivity contribution in [1.29, 1.82) is 5.26 Å². The Bertz CT molecular complexity index is 998. The Kier molecular flexibility index (Phi) is 4.45. The van der Waals surface area contributed by atoms with Crippen LogP contribution in [0.25, 0.3) is 11.3 Å². The Morgan fingerprint density at radius 1 is 1.33 bits per heavy atom. The molecule has 3 aromatic rings. The topological polar surface area (TPSA) is 118 Å². The second-order valence-electron chi connectivity index (χ2n) is 5.92. The van der Waals surface area contributed by atoms with Crippen LogP contribution in [0.1, 0.15) is 22.6 Å². The number of likely N-dealkylation sites (tertiary alicyclic amines) is 1. The average Bonchev–Trinajstić information content (AvgIpc) is 3.39. The molecule has 0 radical (unpaired) electrons. The van der Waals surface area contributed by atoms with Gasteiger partial charge in [-0.25, -0.2) is 9.97 Å². The van der Waals surface area contributed by atoms with Gasteiger partial charge < -0.3 is 14.2 Å². The first kappa shape index (κ1) is 16.7. The van der Waals surface area contributed by atoms with Gasteiger partial charge in [-0.3, -0.25) is 9.78 Å². The van der Waals surface area contributed by atoms with Gasteiger partial charge in [-0.05, 0) is 12.1 Å². The lowest BCUT2D eigenvalue weighted by atomic mass is 10.2. The van der Waals surface area contributed by atoms with Gasteiger partial charge in [0.15, 0.2) is 11.5 Å². The predicted molar refractivity (Wildman–Crippen MR) is 91.4 cm³/mol. The van der Waals surface area contributed by atoms with Gasteiger partial charge in [0, 0.05) is 49.4 Å². The molecule has 1 fully saturated rings. The van der Waals surface area contributed by atoms with Crippen molar-refractivity contribution in [3.05, 3.63) is 54.4 Å². The molecule has 0 bridgehead atoms. The van der Waals surface area contributed by atoms with E-state index in [1.54, 1.807) is 29.4 Å². The van der Waals surface area contributed by atoms with Crippen molar-refractivity contribution >= 4 is 5.91 Å². The lowest BCUT2D eigenvalue weighted by molar-refractivity contribution is 0.0761. The monoisotopic (exact) mass is 362 g/mol. The largest absolute Gasteiger partial charge is 0.470 e. The Labute approximate surface area is 154 Å². The summed E-state index contributed by atoms with van der Waals surface area (Å²) in [6, 6.07) is 7.15. The number of nitriles is 1. The van der Waals surface area contributed by atoms with E-state index in [-0.39, 0.29) is 29.3 Å². The molecule has 0 spiro atoms. The smallest absolute Gasteiger partial charge is 0.276 e. The second kappa shape index (κ2) is 7.21. The molecular formula is C18H14N6O3. The summed E-state index contributed by atoms with van der Waals surface area (Å²) in [4.78, 5) is 26.3. The Morgan fingerprint density at radius 3 is 3.04 bits per heavy atom. The van der Waals surface area contributed by atoms with Gasteiger partial charge in [-0.15, -0.1) is 0 Å². The molecular weight excluding hydrogens is 348 g/mol. The summed E-state index contributed by atoms with van der Waals surface area (Å²) in [5, 5.41) is 12.9. The molecule has 0 N–H and O–H groups in total. The van der Waals surface area contributed by atoms with Gasteiger partial charge in [0.05, 0.1) is 6.54 Å². The Balaban J connectivity index is 1.43. The van der Waals surface area contributed by atoms with Crippen LogP contribution in [0.4, 0.5) is 0 Å². The number of rotatable bonds is 4. The number of ether oxygens (including phenoxy) is 1. The van der Waals surface area contributed by atoms with Crippen LogP contribution >= 0.6 is 0 Å². The van der Waals surface area contributed by atoms with Gasteiger partial charge in [0.2, 0.25) is 5.69 Å². The first-order valence-electron chi connectivity index (χ1n) is 8.29. The highest BCUT2D eigenvalue weighted by Crippen LogP contribution is 2.22. The minimum absolute atomic E-state index is 0.125. The SMILES string of the molecule is N#Cc1nccnc1OC1CCN(C(=O)c2cc(-c3cccnc3)on2)C1. The van der Waals surface area contributed by atoms with Crippen molar-refractivity contribution in [2.75, 3.05) is 13.1 Å². The van der Waals surface area contributed by atoms with Crippen LogP contribution in [0.3, 0.4) is 0 Å². The second-order valence-corrected chi connectivity index (χ2v) is 5.92. The van der Waals surface area contributed by atoms with Crippen molar-refractivity contribution in [3.63, 3.8) is 0 Å². The van der Waals surface area contributed by atoms with E-state index in [2.05, 4.69) is 20.1 Å². The summed E-state index contributed by atoms with van der Waals surface area (Å²) in [6.45, 7) is 0.885. The fourth-order valence-corrected chi connectivity index (χ4v) is 2.84. The highest BCUT2D eigenvalue weighted by Gasteiger charge is 2.30. The molecule has 1 unspecified atom stereocenters. The van der Waals surface area contributed by atoms with E-state index in [1.165, 1.54) is 12.4 Å². The summed E-state index contributed by atoms with van der Waals surface area (Å²) in [5.41, 5.74) is 1.10. The molecule has 3 aromatic heterocycles. The minimum atomic E-state index is -0.262. The van der Waals surface area contributed by atoms with Gasteiger partial charge in [0.1, 0.15) is 12.2 Å². The molecule has 4 rings (SSSR count). The van der Waals surface area contributed by atoms with Gasteiger partial charge in [-0.1, -0.05) is 5.16 Å². The number of hydrogen-bond donors (Lipinski definition) is 0. The van der Waals surface area contributed by atoms with Crippen molar-refractivity contribution in [3.8, 4) is 23.3 Å². The maximum Gasteiger partial charge on any atom is 0.276 e. The highest BCUT2D eigenvalue weighted by molar-refractivity contribution is 5.93. The number of hydrogen-bond acceptors (Lipinski definition) is 8. The zero-order chi connectivity index (χ0) is 18.6. The van der Waals surface area contributed by atoms with Crippen molar-refractivity contribution < 1.29 is 14.1 Å². The van der Waals surface area contributed by atoms with Crippen LogP contribution in [0, 0.1) is 11.3 Å². The molecule has 1 saturated heterocycles. The number of carbonyl (C=O) groups excluding carboxylic acids is 1. The normalized spacial score (nSPS) is 16.1. The van der Waals surface area contributed by atoms with Crippen LogP contribution in [-0.4, -0.2) is 50.1 Å². The molecule has 9 nitrogen and oxygen atoms in total. The predicted octanol–water partition coefficient (Wildman–Crippen LogP) is 1.69. The van der Waals surface area contributed by atoms with Crippen molar-refractivity contribution in [2.45, 2.75) is 12.5 Å². The molecule has 1 atom stereocenters. The third kappa shape index (κ3) is 3.46. The molecule has 1 aliphatic heterocycles. The molecule has 134 valence electrons. The number of carbonyl (C=O) groups is 1. The van der Waals surface area contributed by atoms with Crippen LogP contribution in [-0.2, 0) is 0 Å². The summed E-state index contributed by atoms with van der Waals surface area (Å²) in [7, 11) is 0. The fraction of sp³-hybridized carbons (Fsp3) is 0.222. The van der Waals surface area contributed by atoms with Crippen LogP contribution in [0.2, 0.25) is 0 Å². The van der Waals surface area contributed by atoms with Gasteiger partial charge >= 0.3 is 0 Å². The molecule has 9 heteroatoms. The third-order valence-corrected chi connectivity index (χ3v) is 4.16. The number of aromatic nitrogens is 4. The summed E-state index contributed by atoms with van der Waals surface area (Å²) in [6.07, 6.45) is 6.56. The van der Waals surface area contributed by atoms with E-state index in [0.717, 1.165) is 5.56 Å². The average molecular weight is 362 g/mol. The first-order chi connectivity index (χ1) is 13.2. The standard InChI is InChI=1S/C18H14N6O3/c19-9-15-17(22-6-5-21-15)26-13-3-7-24(11-13)18(25)14-8-16(27-23-14)12-2-1-4-20-10-12/h1-2,4-6,8,10,13H,3,7,11H2. The zero-order valence-electron chi connectivity index (χ0n) is 14.1. The summed E-state index contributed by atoms with van der Waals surface area (Å²) < 4.78 is 11.0.